The second-order valence-electron chi connectivity index (χ2n) is 5.88. The summed E-state index contributed by atoms with van der Waals surface area (Å²) < 4.78 is 7.61. The first kappa shape index (κ1) is 19.2. The third-order valence-corrected chi connectivity index (χ3v) is 3.85. The minimum Gasteiger partial charge on any atom is -0.373 e. The van der Waals surface area contributed by atoms with Gasteiger partial charge < -0.3 is 15.4 Å². The van der Waals surface area contributed by atoms with Crippen LogP contribution in [0.4, 0.5) is 0 Å². The van der Waals surface area contributed by atoms with Gasteiger partial charge in [0.1, 0.15) is 0 Å². The monoisotopic (exact) mass is 421 g/mol. The fraction of sp³-hybridized carbons (Fsp3) is 0.733. The van der Waals surface area contributed by atoms with Gasteiger partial charge in [-0.25, -0.2) is 0 Å². The van der Waals surface area contributed by atoms with Crippen LogP contribution in [0.1, 0.15) is 31.7 Å². The number of hydrogen-bond acceptors (Lipinski definition) is 3. The molecule has 2 heterocycles. The van der Waals surface area contributed by atoms with Gasteiger partial charge >= 0.3 is 0 Å². The standard InChI is InChI=1S/C15H27N5O.HI/c1-15(7-5-9-21-15)12-18-14(16-2)17-8-4-6-13-10-19-20(3)11-13;/h10-11H,4-9,12H2,1-3H3,(H2,16,17,18);1H. The van der Waals surface area contributed by atoms with Crippen molar-refractivity contribution in [1.82, 2.24) is 20.4 Å². The van der Waals surface area contributed by atoms with Crippen molar-refractivity contribution >= 4 is 29.9 Å². The molecule has 1 fully saturated rings. The van der Waals surface area contributed by atoms with Crippen LogP contribution in [-0.4, -0.2) is 48.1 Å². The lowest BCUT2D eigenvalue weighted by Crippen LogP contribution is -2.45. The highest BCUT2D eigenvalue weighted by Crippen LogP contribution is 2.23. The summed E-state index contributed by atoms with van der Waals surface area (Å²) in [7, 11) is 3.74. The lowest BCUT2D eigenvalue weighted by molar-refractivity contribution is 0.0243. The summed E-state index contributed by atoms with van der Waals surface area (Å²) in [6.07, 6.45) is 8.32. The van der Waals surface area contributed by atoms with Crippen LogP contribution in [0, 0.1) is 0 Å². The molecule has 1 aromatic rings. The molecule has 0 aromatic carbocycles. The molecule has 1 aliphatic heterocycles. The van der Waals surface area contributed by atoms with Crippen LogP contribution in [0.5, 0.6) is 0 Å². The van der Waals surface area contributed by atoms with Crippen LogP contribution in [0.3, 0.4) is 0 Å². The van der Waals surface area contributed by atoms with E-state index in [9.17, 15) is 0 Å². The molecular weight excluding hydrogens is 393 g/mol. The predicted molar refractivity (Wildman–Crippen MR) is 99.9 cm³/mol. The predicted octanol–water partition coefficient (Wildman–Crippen LogP) is 1.70. The molecule has 1 aromatic heterocycles. The van der Waals surface area contributed by atoms with E-state index in [1.807, 2.05) is 17.9 Å². The zero-order chi connectivity index (χ0) is 15.1. The van der Waals surface area contributed by atoms with Crippen molar-refractivity contribution in [3.05, 3.63) is 18.0 Å². The molecule has 0 bridgehead atoms. The van der Waals surface area contributed by atoms with E-state index < -0.39 is 0 Å². The highest BCUT2D eigenvalue weighted by molar-refractivity contribution is 14.0. The van der Waals surface area contributed by atoms with Gasteiger partial charge in [-0.05, 0) is 38.2 Å². The van der Waals surface area contributed by atoms with E-state index in [4.69, 9.17) is 4.74 Å². The van der Waals surface area contributed by atoms with Gasteiger partial charge in [0.15, 0.2) is 5.96 Å². The van der Waals surface area contributed by atoms with Gasteiger partial charge in [-0.1, -0.05) is 0 Å². The molecule has 0 saturated carbocycles. The smallest absolute Gasteiger partial charge is 0.191 e. The van der Waals surface area contributed by atoms with Gasteiger partial charge in [-0.3, -0.25) is 9.67 Å². The maximum Gasteiger partial charge on any atom is 0.191 e. The fourth-order valence-electron chi connectivity index (χ4n) is 2.57. The van der Waals surface area contributed by atoms with Gasteiger partial charge in [0, 0.05) is 40.0 Å². The normalized spacial score (nSPS) is 21.5. The quantitative estimate of drug-likeness (QED) is 0.318. The molecular formula is C15H28IN5O. The molecule has 1 unspecified atom stereocenters. The molecule has 1 atom stereocenters. The first-order valence-corrected chi connectivity index (χ1v) is 7.67. The number of aromatic nitrogens is 2. The Balaban J connectivity index is 0.00000242. The number of aryl methyl sites for hydroxylation is 2. The largest absolute Gasteiger partial charge is 0.373 e. The number of nitrogens with one attached hydrogen (secondary N) is 2. The van der Waals surface area contributed by atoms with E-state index in [1.165, 1.54) is 5.56 Å². The third-order valence-electron chi connectivity index (χ3n) is 3.85. The van der Waals surface area contributed by atoms with Gasteiger partial charge in [-0.2, -0.15) is 5.10 Å². The molecule has 7 heteroatoms. The Morgan fingerprint density at radius 1 is 1.50 bits per heavy atom. The summed E-state index contributed by atoms with van der Waals surface area (Å²) in [5.74, 6) is 0.845. The topological polar surface area (TPSA) is 63.5 Å². The molecule has 0 aliphatic carbocycles. The van der Waals surface area contributed by atoms with Gasteiger partial charge in [0.05, 0.1) is 11.8 Å². The van der Waals surface area contributed by atoms with Crippen molar-refractivity contribution in [3.8, 4) is 0 Å². The number of hydrogen-bond donors (Lipinski definition) is 2. The van der Waals surface area contributed by atoms with Gasteiger partial charge in [-0.15, -0.1) is 24.0 Å². The zero-order valence-electron chi connectivity index (χ0n) is 13.8. The average Bonchev–Trinajstić information content (AvgIpc) is 3.07. The molecule has 22 heavy (non-hydrogen) atoms. The first-order valence-electron chi connectivity index (χ1n) is 7.67. The number of aliphatic imine (C=N–C) groups is 1. The van der Waals surface area contributed by atoms with Gasteiger partial charge in [0.2, 0.25) is 0 Å². The summed E-state index contributed by atoms with van der Waals surface area (Å²) in [6.45, 7) is 4.72. The minimum atomic E-state index is -0.0483. The number of nitrogens with zero attached hydrogens (tertiary/aromatic N) is 3. The van der Waals surface area contributed by atoms with Crippen molar-refractivity contribution in [1.29, 1.82) is 0 Å². The lowest BCUT2D eigenvalue weighted by atomic mass is 10.0. The van der Waals surface area contributed by atoms with E-state index in [0.29, 0.717) is 0 Å². The maximum atomic E-state index is 5.77. The summed E-state index contributed by atoms with van der Waals surface area (Å²) in [5, 5.41) is 10.9. The Kier molecular flexibility index (Phi) is 8.16. The molecule has 6 nitrogen and oxygen atoms in total. The Labute approximate surface area is 150 Å². The Morgan fingerprint density at radius 2 is 2.32 bits per heavy atom. The highest BCUT2D eigenvalue weighted by Gasteiger charge is 2.29. The van der Waals surface area contributed by atoms with E-state index in [1.54, 1.807) is 7.05 Å². The Hall–Kier alpha value is -0.830. The van der Waals surface area contributed by atoms with E-state index >= 15 is 0 Å². The van der Waals surface area contributed by atoms with Crippen LogP contribution in [-0.2, 0) is 18.2 Å². The number of halogens is 1. The summed E-state index contributed by atoms with van der Waals surface area (Å²) in [5.41, 5.74) is 1.22. The summed E-state index contributed by atoms with van der Waals surface area (Å²) in [4.78, 5) is 4.25. The van der Waals surface area contributed by atoms with Crippen molar-refractivity contribution in [2.75, 3.05) is 26.7 Å². The highest BCUT2D eigenvalue weighted by atomic mass is 127. The third kappa shape index (κ3) is 6.12. The van der Waals surface area contributed by atoms with E-state index in [2.05, 4.69) is 33.8 Å². The molecule has 2 rings (SSSR count). The first-order chi connectivity index (χ1) is 10.1. The fourth-order valence-corrected chi connectivity index (χ4v) is 2.57. The van der Waals surface area contributed by atoms with Gasteiger partial charge in [0.25, 0.3) is 0 Å². The second kappa shape index (κ2) is 9.34. The molecule has 0 amide bonds. The molecule has 1 aliphatic rings. The van der Waals surface area contributed by atoms with Crippen LogP contribution >= 0.6 is 24.0 Å². The van der Waals surface area contributed by atoms with E-state index in [0.717, 1.165) is 51.3 Å². The Morgan fingerprint density at radius 3 is 2.91 bits per heavy atom. The molecule has 0 radical (unpaired) electrons. The number of rotatable bonds is 6. The van der Waals surface area contributed by atoms with Crippen molar-refractivity contribution in [2.24, 2.45) is 12.0 Å². The summed E-state index contributed by atoms with van der Waals surface area (Å²) in [6, 6.07) is 0. The van der Waals surface area contributed by atoms with Crippen LogP contribution in [0.15, 0.2) is 17.4 Å². The number of guanidine groups is 1. The lowest BCUT2D eigenvalue weighted by Gasteiger charge is -2.24. The average molecular weight is 421 g/mol. The van der Waals surface area contributed by atoms with Crippen LogP contribution in [0.2, 0.25) is 0 Å². The van der Waals surface area contributed by atoms with Crippen molar-refractivity contribution in [2.45, 2.75) is 38.2 Å². The van der Waals surface area contributed by atoms with Crippen molar-refractivity contribution < 1.29 is 4.74 Å². The molecule has 1 saturated heterocycles. The molecule has 2 N–H and O–H groups in total. The Bertz CT molecular complexity index is 468. The van der Waals surface area contributed by atoms with E-state index in [-0.39, 0.29) is 29.6 Å². The number of ether oxygens (including phenoxy) is 1. The SMILES string of the molecule is CN=C(NCCCc1cnn(C)c1)NCC1(C)CCCO1.I. The second-order valence-corrected chi connectivity index (χ2v) is 5.88. The summed E-state index contributed by atoms with van der Waals surface area (Å²) >= 11 is 0. The van der Waals surface area contributed by atoms with Crippen LogP contribution < -0.4 is 10.6 Å². The minimum absolute atomic E-state index is 0. The van der Waals surface area contributed by atoms with Crippen LogP contribution in [0.25, 0.3) is 0 Å². The molecule has 126 valence electrons. The van der Waals surface area contributed by atoms with Crippen molar-refractivity contribution in [3.63, 3.8) is 0 Å². The maximum absolute atomic E-state index is 5.77. The molecule has 0 spiro atoms. The zero-order valence-corrected chi connectivity index (χ0v) is 16.1.